The molecule has 1 N–H and O–H groups in total. The van der Waals surface area contributed by atoms with Gasteiger partial charge in [0.15, 0.2) is 11.6 Å². The van der Waals surface area contributed by atoms with Crippen molar-refractivity contribution in [2.75, 3.05) is 12.4 Å². The van der Waals surface area contributed by atoms with Crippen molar-refractivity contribution >= 4 is 23.1 Å². The molecule has 4 nitrogen and oxygen atoms in total. The van der Waals surface area contributed by atoms with Gasteiger partial charge in [-0.1, -0.05) is 11.6 Å². The fourth-order valence-corrected chi connectivity index (χ4v) is 1.72. The normalized spacial score (nSPS) is 9.79. The zero-order chi connectivity index (χ0) is 13.8. The van der Waals surface area contributed by atoms with E-state index in [-0.39, 0.29) is 10.9 Å². The van der Waals surface area contributed by atoms with E-state index in [0.29, 0.717) is 17.1 Å². The quantitative estimate of drug-likeness (QED) is 0.873. The summed E-state index contributed by atoms with van der Waals surface area (Å²) in [5, 5.41) is 12.0. The van der Waals surface area contributed by atoms with Gasteiger partial charge in [-0.05, 0) is 24.3 Å². The molecular formula is C13H9ClFN3O. The Morgan fingerprint density at radius 1 is 1.37 bits per heavy atom. The van der Waals surface area contributed by atoms with Crippen LogP contribution in [0.1, 0.15) is 5.56 Å². The molecule has 2 rings (SSSR count). The molecule has 0 atom stereocenters. The first-order valence-corrected chi connectivity index (χ1v) is 5.68. The van der Waals surface area contributed by atoms with Crippen molar-refractivity contribution < 1.29 is 9.13 Å². The van der Waals surface area contributed by atoms with Crippen LogP contribution in [0.3, 0.4) is 0 Å². The van der Waals surface area contributed by atoms with Crippen LogP contribution in [0.4, 0.5) is 15.9 Å². The Morgan fingerprint density at radius 3 is 2.84 bits per heavy atom. The Kier molecular flexibility index (Phi) is 3.83. The smallest absolute Gasteiger partial charge is 0.165 e. The number of benzene rings is 1. The fraction of sp³-hybridized carbons (Fsp3) is 0.0769. The minimum Gasteiger partial charge on any atom is -0.494 e. The summed E-state index contributed by atoms with van der Waals surface area (Å²) >= 11 is 5.79. The van der Waals surface area contributed by atoms with Gasteiger partial charge in [0.25, 0.3) is 0 Å². The number of pyridine rings is 1. The van der Waals surface area contributed by atoms with Gasteiger partial charge in [0, 0.05) is 11.8 Å². The lowest BCUT2D eigenvalue weighted by molar-refractivity contribution is 0.387. The Balaban J connectivity index is 2.31. The van der Waals surface area contributed by atoms with E-state index in [1.807, 2.05) is 6.07 Å². The molecule has 19 heavy (non-hydrogen) atoms. The minimum absolute atomic E-state index is 0.118. The van der Waals surface area contributed by atoms with E-state index in [0.717, 1.165) is 0 Å². The van der Waals surface area contributed by atoms with Gasteiger partial charge in [0.05, 0.1) is 18.7 Å². The van der Waals surface area contributed by atoms with E-state index in [4.69, 9.17) is 21.6 Å². The van der Waals surface area contributed by atoms with E-state index in [2.05, 4.69) is 10.3 Å². The van der Waals surface area contributed by atoms with Crippen LogP contribution in [-0.2, 0) is 0 Å². The number of ether oxygens (including phenoxy) is 1. The third-order valence-electron chi connectivity index (χ3n) is 2.35. The molecule has 0 saturated heterocycles. The Hall–Kier alpha value is -2.32. The van der Waals surface area contributed by atoms with E-state index in [1.54, 1.807) is 6.07 Å². The van der Waals surface area contributed by atoms with Gasteiger partial charge in [0.2, 0.25) is 0 Å². The van der Waals surface area contributed by atoms with Crippen molar-refractivity contribution in [3.8, 4) is 11.8 Å². The molecule has 96 valence electrons. The van der Waals surface area contributed by atoms with Gasteiger partial charge >= 0.3 is 0 Å². The van der Waals surface area contributed by atoms with E-state index < -0.39 is 5.82 Å². The molecule has 0 amide bonds. The number of hydrogen-bond donors (Lipinski definition) is 1. The lowest BCUT2D eigenvalue weighted by Gasteiger charge is -2.08. The second-order valence-electron chi connectivity index (χ2n) is 3.65. The first-order valence-electron chi connectivity index (χ1n) is 5.30. The second-order valence-corrected chi connectivity index (χ2v) is 4.04. The number of rotatable bonds is 3. The molecule has 1 heterocycles. The molecule has 6 heteroatoms. The minimum atomic E-state index is -0.454. The summed E-state index contributed by atoms with van der Waals surface area (Å²) in [6.07, 6.45) is 0. The average Bonchev–Trinajstić information content (AvgIpc) is 2.40. The number of anilines is 2. The molecule has 0 aliphatic carbocycles. The highest BCUT2D eigenvalue weighted by molar-refractivity contribution is 6.29. The van der Waals surface area contributed by atoms with Crippen LogP contribution in [0.25, 0.3) is 0 Å². The highest BCUT2D eigenvalue weighted by Crippen LogP contribution is 2.24. The summed E-state index contributed by atoms with van der Waals surface area (Å²) in [6, 6.07) is 9.28. The van der Waals surface area contributed by atoms with Gasteiger partial charge < -0.3 is 10.1 Å². The first kappa shape index (κ1) is 13.1. The molecule has 0 radical (unpaired) electrons. The van der Waals surface area contributed by atoms with Crippen molar-refractivity contribution in [3.63, 3.8) is 0 Å². The number of nitrogens with zero attached hydrogens (tertiary/aromatic N) is 2. The van der Waals surface area contributed by atoms with Crippen LogP contribution in [0.2, 0.25) is 5.15 Å². The molecule has 2 aromatic rings. The number of hydrogen-bond acceptors (Lipinski definition) is 4. The highest BCUT2D eigenvalue weighted by Gasteiger charge is 2.05. The van der Waals surface area contributed by atoms with E-state index in [1.165, 1.54) is 31.4 Å². The fourth-order valence-electron chi connectivity index (χ4n) is 1.51. The monoisotopic (exact) mass is 277 g/mol. The summed E-state index contributed by atoms with van der Waals surface area (Å²) in [6.45, 7) is 0. The van der Waals surface area contributed by atoms with Gasteiger partial charge in [-0.3, -0.25) is 0 Å². The zero-order valence-corrected chi connectivity index (χ0v) is 10.7. The first-order chi connectivity index (χ1) is 9.12. The molecule has 1 aromatic carbocycles. The van der Waals surface area contributed by atoms with E-state index >= 15 is 0 Å². The predicted molar refractivity (Wildman–Crippen MR) is 70.2 cm³/mol. The molecule has 0 aliphatic heterocycles. The van der Waals surface area contributed by atoms with Crippen LogP contribution in [0.15, 0.2) is 30.3 Å². The summed E-state index contributed by atoms with van der Waals surface area (Å²) in [5.41, 5.74) is 0.966. The largest absolute Gasteiger partial charge is 0.494 e. The zero-order valence-electron chi connectivity index (χ0n) is 9.95. The molecule has 0 fully saturated rings. The van der Waals surface area contributed by atoms with Crippen molar-refractivity contribution in [1.29, 1.82) is 5.26 Å². The van der Waals surface area contributed by atoms with Crippen molar-refractivity contribution in [2.45, 2.75) is 0 Å². The van der Waals surface area contributed by atoms with Crippen LogP contribution < -0.4 is 10.1 Å². The lowest BCUT2D eigenvalue weighted by Crippen LogP contribution is -1.96. The molecule has 0 aliphatic rings. The summed E-state index contributed by atoms with van der Waals surface area (Å²) < 4.78 is 18.1. The number of methoxy groups -OCH3 is 1. The Labute approximate surface area is 114 Å². The highest BCUT2D eigenvalue weighted by atomic mass is 35.5. The Bertz CT molecular complexity index is 655. The van der Waals surface area contributed by atoms with Gasteiger partial charge in [-0.2, -0.15) is 5.26 Å². The van der Waals surface area contributed by atoms with Crippen LogP contribution in [0.5, 0.6) is 5.75 Å². The maximum atomic E-state index is 13.3. The van der Waals surface area contributed by atoms with Gasteiger partial charge in [0.1, 0.15) is 11.0 Å². The molecule has 1 aromatic heterocycles. The lowest BCUT2D eigenvalue weighted by atomic mass is 10.2. The topological polar surface area (TPSA) is 57.9 Å². The number of halogens is 2. The summed E-state index contributed by atoms with van der Waals surface area (Å²) in [4.78, 5) is 4.02. The number of aromatic nitrogens is 1. The molecule has 0 bridgehead atoms. The van der Waals surface area contributed by atoms with Crippen LogP contribution in [-0.4, -0.2) is 12.1 Å². The maximum Gasteiger partial charge on any atom is 0.165 e. The molecule has 0 saturated carbocycles. The number of nitriles is 1. The molecule has 0 spiro atoms. The standard InChI is InChI=1S/C13H9ClFN3O/c1-19-11-6-9(2-3-10(11)15)17-13-5-8(7-16)4-12(14)18-13/h2-6H,1H3,(H,17,18). The van der Waals surface area contributed by atoms with Crippen molar-refractivity contribution in [2.24, 2.45) is 0 Å². The predicted octanol–water partition coefficient (Wildman–Crippen LogP) is 3.50. The van der Waals surface area contributed by atoms with Crippen molar-refractivity contribution in [1.82, 2.24) is 4.98 Å². The maximum absolute atomic E-state index is 13.3. The third-order valence-corrected chi connectivity index (χ3v) is 2.54. The van der Waals surface area contributed by atoms with Gasteiger partial charge in [-0.25, -0.2) is 9.37 Å². The SMILES string of the molecule is COc1cc(Nc2cc(C#N)cc(Cl)n2)ccc1F. The van der Waals surface area contributed by atoms with Crippen LogP contribution in [0, 0.1) is 17.1 Å². The van der Waals surface area contributed by atoms with Crippen molar-refractivity contribution in [3.05, 3.63) is 46.9 Å². The van der Waals surface area contributed by atoms with Crippen LogP contribution >= 0.6 is 11.6 Å². The molecular weight excluding hydrogens is 269 g/mol. The second kappa shape index (κ2) is 5.55. The van der Waals surface area contributed by atoms with E-state index in [9.17, 15) is 4.39 Å². The average molecular weight is 278 g/mol. The third kappa shape index (κ3) is 3.12. The molecule has 0 unspecified atom stereocenters. The number of nitrogens with one attached hydrogen (secondary N) is 1. The summed E-state index contributed by atoms with van der Waals surface area (Å²) in [5.74, 6) is 0.0649. The summed E-state index contributed by atoms with van der Waals surface area (Å²) in [7, 11) is 1.38. The van der Waals surface area contributed by atoms with Gasteiger partial charge in [-0.15, -0.1) is 0 Å². The Morgan fingerprint density at radius 2 is 2.16 bits per heavy atom.